The second-order valence-corrected chi connectivity index (χ2v) is 16.2. The van der Waals surface area contributed by atoms with Crippen molar-refractivity contribution in [2.24, 2.45) is 0 Å². The van der Waals surface area contributed by atoms with E-state index in [2.05, 4.69) is 47.0 Å². The Morgan fingerprint density at radius 1 is 0.373 bits per heavy atom. The third-order valence-corrected chi connectivity index (χ3v) is 12.4. The SMILES string of the molecule is [2H]c1c([2H])c([2H])c(-c2c([2H])c([2H])c(-c3c([2H])c([2H])c(N(c4ccc(-c5ccccc5-n5c6ccccc6c6ccccc65)cc4)c4ccccc4-c4cccc5oc6cc7ccccc7cc6c45)c([2H])c3[2H])c([2H])c2[2H])c([2H])c1[2H]. The van der Waals surface area contributed by atoms with Gasteiger partial charge in [0.1, 0.15) is 11.2 Å². The maximum atomic E-state index is 9.91. The molecule has 0 spiro atoms. The highest BCUT2D eigenvalue weighted by Gasteiger charge is 2.22. The van der Waals surface area contributed by atoms with Crippen LogP contribution in [0.3, 0.4) is 0 Å². The van der Waals surface area contributed by atoms with Gasteiger partial charge in [0.25, 0.3) is 0 Å². The van der Waals surface area contributed by atoms with Crippen LogP contribution in [0.2, 0.25) is 0 Å². The van der Waals surface area contributed by atoms with Gasteiger partial charge in [-0.15, -0.1) is 0 Å². The highest BCUT2D eigenvalue weighted by molar-refractivity contribution is 6.17. The maximum Gasteiger partial charge on any atom is 0.136 e. The summed E-state index contributed by atoms with van der Waals surface area (Å²) in [5.74, 6) is 0. The molecule has 13 rings (SSSR count). The lowest BCUT2D eigenvalue weighted by molar-refractivity contribution is 0.669. The molecule has 0 saturated carbocycles. The summed E-state index contributed by atoms with van der Waals surface area (Å²) in [4.78, 5) is 1.68. The second kappa shape index (κ2) is 16.0. The smallest absolute Gasteiger partial charge is 0.136 e. The fraction of sp³-hybridized carbons (Fsp3) is 0. The first-order valence-corrected chi connectivity index (χ1v) is 21.9. The van der Waals surface area contributed by atoms with Gasteiger partial charge < -0.3 is 13.9 Å². The van der Waals surface area contributed by atoms with Crippen LogP contribution in [0.25, 0.3) is 105 Å². The van der Waals surface area contributed by atoms with Gasteiger partial charge in [0.05, 0.1) is 40.2 Å². The van der Waals surface area contributed by atoms with Gasteiger partial charge in [-0.2, -0.15) is 0 Å². The first-order chi connectivity index (χ1) is 38.7. The Bertz CT molecular complexity index is 4640. The monoisotopic (exact) mass is 867 g/mol. The largest absolute Gasteiger partial charge is 0.456 e. The Balaban J connectivity index is 1.03. The van der Waals surface area contributed by atoms with Crippen molar-refractivity contribution in [3.8, 4) is 50.2 Å². The van der Waals surface area contributed by atoms with Gasteiger partial charge in [-0.05, 0) is 111 Å². The number of para-hydroxylation sites is 4. The molecular weight excluding hydrogens is 813 g/mol. The average molecular weight is 868 g/mol. The van der Waals surface area contributed by atoms with E-state index in [1.807, 2.05) is 133 Å². The highest BCUT2D eigenvalue weighted by Crippen LogP contribution is 2.46. The third-order valence-electron chi connectivity index (χ3n) is 12.4. The zero-order valence-electron chi connectivity index (χ0n) is 48.5. The molecule has 13 aromatic rings. The van der Waals surface area contributed by atoms with Crippen LogP contribution in [-0.4, -0.2) is 4.57 Å². The number of aromatic nitrogens is 1. The molecule has 0 radical (unpaired) electrons. The number of fused-ring (bicyclic) bond motifs is 7. The van der Waals surface area contributed by atoms with E-state index in [-0.39, 0.29) is 5.69 Å². The molecule has 0 fully saturated rings. The number of hydrogen-bond acceptors (Lipinski definition) is 2. The van der Waals surface area contributed by atoms with Crippen molar-refractivity contribution in [1.82, 2.24) is 4.57 Å². The molecule has 0 aliphatic rings. The normalized spacial score (nSPS) is 14.3. The number of nitrogens with zero attached hydrogens (tertiary/aromatic N) is 2. The number of benzene rings is 11. The van der Waals surface area contributed by atoms with E-state index in [9.17, 15) is 8.22 Å². The third kappa shape index (κ3) is 6.59. The van der Waals surface area contributed by atoms with E-state index in [1.165, 1.54) is 0 Å². The fourth-order valence-corrected chi connectivity index (χ4v) is 9.39. The van der Waals surface area contributed by atoms with Crippen molar-refractivity contribution in [2.75, 3.05) is 4.90 Å². The minimum absolute atomic E-state index is 0.171. The lowest BCUT2D eigenvalue weighted by Crippen LogP contribution is -2.11. The lowest BCUT2D eigenvalue weighted by Gasteiger charge is -2.28. The molecule has 11 aromatic carbocycles. The minimum Gasteiger partial charge on any atom is -0.456 e. The summed E-state index contributed by atoms with van der Waals surface area (Å²) in [6.45, 7) is 0. The van der Waals surface area contributed by atoms with E-state index in [0.717, 1.165) is 65.7 Å². The van der Waals surface area contributed by atoms with Gasteiger partial charge in [-0.1, -0.05) is 188 Å². The number of rotatable bonds is 8. The molecule has 3 nitrogen and oxygen atoms in total. The van der Waals surface area contributed by atoms with Crippen LogP contribution in [0, 0.1) is 0 Å². The van der Waals surface area contributed by atoms with Gasteiger partial charge in [0.2, 0.25) is 0 Å². The first-order valence-electron chi connectivity index (χ1n) is 28.4. The summed E-state index contributed by atoms with van der Waals surface area (Å²) in [5.41, 5.74) is 6.15. The molecule has 314 valence electrons. The standard InChI is InChI=1S/C64H42N2O/c1-2-15-43(16-3-1)44-29-31-45(32-30-44)46-33-37-50(38-34-46)65(59-25-11-9-22-55(59)56-23-14-28-62-64(56)57-41-48-17-4-5-18-49(48)42-63(57)67-62)51-39-35-47(36-40-51)52-19-6-10-24-58(52)66-60-26-12-7-20-53(60)54-21-8-13-27-61(54)66/h1-42H/i1D,2D,3D,15D,16D,29D,30D,31D,32D,33D,34D,37D,38D. The van der Waals surface area contributed by atoms with Gasteiger partial charge in [-0.25, -0.2) is 0 Å². The number of anilines is 3. The second-order valence-electron chi connectivity index (χ2n) is 16.2. The molecule has 0 atom stereocenters. The van der Waals surface area contributed by atoms with Crippen LogP contribution in [0.15, 0.2) is 259 Å². The minimum atomic E-state index is -0.787. The zero-order chi connectivity index (χ0) is 55.6. The topological polar surface area (TPSA) is 21.3 Å². The quantitative estimate of drug-likeness (QED) is 0.152. The van der Waals surface area contributed by atoms with Crippen molar-refractivity contribution < 1.29 is 22.2 Å². The van der Waals surface area contributed by atoms with Gasteiger partial charge in [0, 0.05) is 44.0 Å². The molecule has 0 bridgehead atoms. The number of hydrogen-bond donors (Lipinski definition) is 0. The molecule has 0 amide bonds. The molecule has 0 aliphatic carbocycles. The molecule has 67 heavy (non-hydrogen) atoms. The molecule has 0 aliphatic heterocycles. The van der Waals surface area contributed by atoms with Crippen LogP contribution in [0.1, 0.15) is 17.8 Å². The Kier molecular flexibility index (Phi) is 6.53. The predicted molar refractivity (Wildman–Crippen MR) is 282 cm³/mol. The van der Waals surface area contributed by atoms with Crippen LogP contribution >= 0.6 is 0 Å². The van der Waals surface area contributed by atoms with E-state index in [4.69, 9.17) is 14.0 Å². The number of furan rings is 1. The van der Waals surface area contributed by atoms with Crippen molar-refractivity contribution >= 4 is 71.6 Å². The Hall–Kier alpha value is -8.92. The highest BCUT2D eigenvalue weighted by atomic mass is 16.3. The van der Waals surface area contributed by atoms with Crippen LogP contribution in [0.4, 0.5) is 17.1 Å². The van der Waals surface area contributed by atoms with E-state index in [0.29, 0.717) is 28.1 Å². The molecule has 3 heteroatoms. The molecule has 2 aromatic heterocycles. The molecule has 0 N–H and O–H groups in total. The fourth-order valence-electron chi connectivity index (χ4n) is 9.39. The van der Waals surface area contributed by atoms with Gasteiger partial charge >= 0.3 is 0 Å². The van der Waals surface area contributed by atoms with Gasteiger partial charge in [0.15, 0.2) is 0 Å². The van der Waals surface area contributed by atoms with Crippen molar-refractivity contribution in [1.29, 1.82) is 0 Å². The summed E-state index contributed by atoms with van der Waals surface area (Å²) in [5, 5.41) is 5.95. The van der Waals surface area contributed by atoms with Crippen LogP contribution in [0.5, 0.6) is 0 Å². The molecule has 0 saturated heterocycles. The van der Waals surface area contributed by atoms with Gasteiger partial charge in [-0.3, -0.25) is 0 Å². The zero-order valence-corrected chi connectivity index (χ0v) is 35.5. The summed E-state index contributed by atoms with van der Waals surface area (Å²) in [7, 11) is 0. The first kappa shape index (κ1) is 27.4. The molecular formula is C64H42N2O. The summed E-state index contributed by atoms with van der Waals surface area (Å²) >= 11 is 0. The Morgan fingerprint density at radius 3 is 1.63 bits per heavy atom. The summed E-state index contributed by atoms with van der Waals surface area (Å²) in [6, 6.07) is 48.6. The van der Waals surface area contributed by atoms with Crippen molar-refractivity contribution in [2.45, 2.75) is 0 Å². The van der Waals surface area contributed by atoms with Crippen LogP contribution < -0.4 is 4.90 Å². The summed E-state index contributed by atoms with van der Waals surface area (Å²) in [6.07, 6.45) is 0. The Labute approximate surface area is 406 Å². The van der Waals surface area contributed by atoms with E-state index in [1.54, 1.807) is 4.90 Å². The molecule has 2 heterocycles. The van der Waals surface area contributed by atoms with Crippen molar-refractivity contribution in [3.05, 3.63) is 254 Å². The van der Waals surface area contributed by atoms with E-state index < -0.39 is 101 Å². The Morgan fingerprint density at radius 2 is 0.925 bits per heavy atom. The predicted octanol–water partition coefficient (Wildman–Crippen LogP) is 18.0. The van der Waals surface area contributed by atoms with E-state index >= 15 is 0 Å². The molecule has 0 unspecified atom stereocenters. The summed E-state index contributed by atoms with van der Waals surface area (Å²) < 4.78 is 126. The van der Waals surface area contributed by atoms with Crippen LogP contribution in [-0.2, 0) is 0 Å². The average Bonchev–Trinajstić information content (AvgIpc) is 4.10. The maximum absolute atomic E-state index is 9.91. The lowest BCUT2D eigenvalue weighted by atomic mass is 9.95. The van der Waals surface area contributed by atoms with Crippen molar-refractivity contribution in [3.63, 3.8) is 0 Å².